The van der Waals surface area contributed by atoms with Crippen molar-refractivity contribution in [3.05, 3.63) is 36.4 Å². The third-order valence-electron chi connectivity index (χ3n) is 2.47. The average Bonchev–Trinajstić information content (AvgIpc) is 2.28. The lowest BCUT2D eigenvalue weighted by molar-refractivity contribution is 1.31. The zero-order valence-corrected chi connectivity index (χ0v) is 9.27. The maximum Gasteiger partial charge on any atom is 0.0650 e. The second kappa shape index (κ2) is 3.35. The van der Waals surface area contributed by atoms with Crippen LogP contribution < -0.4 is 16.8 Å². The molecule has 0 saturated carbocycles. The van der Waals surface area contributed by atoms with E-state index < -0.39 is 0 Å². The van der Waals surface area contributed by atoms with E-state index in [9.17, 15) is 0 Å². The summed E-state index contributed by atoms with van der Waals surface area (Å²) in [5.74, 6) is 0. The highest BCUT2D eigenvalue weighted by Crippen LogP contribution is 2.45. The third kappa shape index (κ3) is 1.39. The van der Waals surface area contributed by atoms with Crippen molar-refractivity contribution >= 4 is 34.5 Å². The average molecular weight is 228 g/mol. The molecule has 1 radical (unpaired) electrons. The highest BCUT2D eigenvalue weighted by atomic mass is 32.2. The molecule has 0 saturated heterocycles. The first kappa shape index (κ1) is 9.42. The molecule has 1 aliphatic heterocycles. The smallest absolute Gasteiger partial charge is 0.0650 e. The van der Waals surface area contributed by atoms with Crippen molar-refractivity contribution in [1.82, 2.24) is 0 Å². The van der Waals surface area contributed by atoms with Crippen molar-refractivity contribution in [3.8, 4) is 0 Å². The van der Waals surface area contributed by atoms with Crippen LogP contribution in [0.25, 0.3) is 0 Å². The first-order chi connectivity index (χ1) is 7.74. The van der Waals surface area contributed by atoms with Gasteiger partial charge >= 0.3 is 0 Å². The Morgan fingerprint density at radius 2 is 1.94 bits per heavy atom. The van der Waals surface area contributed by atoms with Crippen LogP contribution >= 0.6 is 11.8 Å². The van der Waals surface area contributed by atoms with Crippen molar-refractivity contribution in [2.75, 3.05) is 16.8 Å². The lowest BCUT2D eigenvalue weighted by Gasteiger charge is -2.21. The number of rotatable bonds is 0. The summed E-state index contributed by atoms with van der Waals surface area (Å²) < 4.78 is 0. The van der Waals surface area contributed by atoms with E-state index in [2.05, 4.69) is 17.4 Å². The van der Waals surface area contributed by atoms with E-state index in [-0.39, 0.29) is 0 Å². The van der Waals surface area contributed by atoms with Gasteiger partial charge in [-0.2, -0.15) is 0 Å². The highest BCUT2D eigenvalue weighted by molar-refractivity contribution is 7.99. The fourth-order valence-electron chi connectivity index (χ4n) is 1.64. The first-order valence-electron chi connectivity index (χ1n) is 4.89. The van der Waals surface area contributed by atoms with E-state index in [0.29, 0.717) is 11.4 Å². The molecule has 79 valence electrons. The lowest BCUT2D eigenvalue weighted by atomic mass is 10.2. The summed E-state index contributed by atoms with van der Waals surface area (Å²) in [5, 5.41) is 3.30. The van der Waals surface area contributed by atoms with E-state index in [1.54, 1.807) is 11.8 Å². The van der Waals surface area contributed by atoms with Gasteiger partial charge in [0.2, 0.25) is 0 Å². The first-order valence-corrected chi connectivity index (χ1v) is 5.71. The fourth-order valence-corrected chi connectivity index (χ4v) is 2.65. The van der Waals surface area contributed by atoms with Crippen LogP contribution in [0.15, 0.2) is 40.1 Å². The SMILES string of the molecule is Nc1[c]c2c(cc1N)Sc1ccccc1N2. The number of hydrogen-bond donors (Lipinski definition) is 3. The van der Waals surface area contributed by atoms with Gasteiger partial charge in [0.25, 0.3) is 0 Å². The normalized spacial score (nSPS) is 12.5. The third-order valence-corrected chi connectivity index (χ3v) is 3.59. The van der Waals surface area contributed by atoms with Gasteiger partial charge in [-0.25, -0.2) is 0 Å². The summed E-state index contributed by atoms with van der Waals surface area (Å²) in [5.41, 5.74) is 14.6. The Balaban J connectivity index is 2.12. The molecule has 3 rings (SSSR count). The van der Waals surface area contributed by atoms with Crippen LogP contribution in [0.2, 0.25) is 0 Å². The monoisotopic (exact) mass is 228 g/mol. The van der Waals surface area contributed by atoms with E-state index in [1.807, 2.05) is 24.3 Å². The van der Waals surface area contributed by atoms with Crippen LogP contribution in [-0.4, -0.2) is 0 Å². The molecule has 0 fully saturated rings. The summed E-state index contributed by atoms with van der Waals surface area (Å²) in [4.78, 5) is 2.25. The lowest BCUT2D eigenvalue weighted by Crippen LogP contribution is -2.03. The van der Waals surface area contributed by atoms with Gasteiger partial charge < -0.3 is 16.8 Å². The van der Waals surface area contributed by atoms with Crippen LogP contribution in [0.1, 0.15) is 0 Å². The summed E-state index contributed by atoms with van der Waals surface area (Å²) >= 11 is 1.68. The summed E-state index contributed by atoms with van der Waals surface area (Å²) in [6.07, 6.45) is 0. The second-order valence-electron chi connectivity index (χ2n) is 3.60. The molecule has 0 aromatic heterocycles. The van der Waals surface area contributed by atoms with Gasteiger partial charge in [0.1, 0.15) is 0 Å². The zero-order chi connectivity index (χ0) is 11.1. The van der Waals surface area contributed by atoms with Gasteiger partial charge in [-0.05, 0) is 18.2 Å². The Labute approximate surface area is 97.8 Å². The largest absolute Gasteiger partial charge is 0.397 e. The number of benzene rings is 2. The van der Waals surface area contributed by atoms with E-state index in [0.717, 1.165) is 16.3 Å². The predicted octanol–water partition coefficient (Wildman–Crippen LogP) is 2.86. The van der Waals surface area contributed by atoms with E-state index in [1.165, 1.54) is 4.90 Å². The van der Waals surface area contributed by atoms with Crippen LogP contribution in [0.3, 0.4) is 0 Å². The second-order valence-corrected chi connectivity index (χ2v) is 4.68. The van der Waals surface area contributed by atoms with Gasteiger partial charge in [-0.1, -0.05) is 23.9 Å². The molecule has 1 aliphatic rings. The molecule has 2 aromatic rings. The number of para-hydroxylation sites is 1. The summed E-state index contributed by atoms with van der Waals surface area (Å²) in [6.45, 7) is 0. The van der Waals surface area contributed by atoms with Crippen molar-refractivity contribution in [3.63, 3.8) is 0 Å². The topological polar surface area (TPSA) is 64.1 Å². The molecule has 0 unspecified atom stereocenters. The molecule has 0 bridgehead atoms. The van der Waals surface area contributed by atoms with Gasteiger partial charge in [-0.3, -0.25) is 0 Å². The van der Waals surface area contributed by atoms with E-state index >= 15 is 0 Å². The van der Waals surface area contributed by atoms with Gasteiger partial charge in [0.05, 0.1) is 22.7 Å². The Kier molecular flexibility index (Phi) is 1.97. The molecule has 4 heteroatoms. The number of nitrogen functional groups attached to an aromatic ring is 2. The molecular weight excluding hydrogens is 218 g/mol. The van der Waals surface area contributed by atoms with Crippen LogP contribution in [-0.2, 0) is 0 Å². The van der Waals surface area contributed by atoms with Crippen molar-refractivity contribution < 1.29 is 0 Å². The molecule has 0 aliphatic carbocycles. The molecule has 0 spiro atoms. The Hall–Kier alpha value is -1.81. The highest BCUT2D eigenvalue weighted by Gasteiger charge is 2.16. The van der Waals surface area contributed by atoms with Crippen molar-refractivity contribution in [2.24, 2.45) is 0 Å². The molecule has 0 atom stereocenters. The Morgan fingerprint density at radius 1 is 1.12 bits per heavy atom. The molecule has 3 nitrogen and oxygen atoms in total. The number of nitrogens with one attached hydrogen (secondary N) is 1. The number of hydrogen-bond acceptors (Lipinski definition) is 4. The standard InChI is InChI=1S/C12H10N3S/c13-7-5-10-12(6-8(7)14)16-11-4-2-1-3-9(11)15-10/h1-4,6,15H,13-14H2. The maximum absolute atomic E-state index is 5.77. The fraction of sp³-hybridized carbons (Fsp3) is 0. The summed E-state index contributed by atoms with van der Waals surface area (Å²) in [6, 6.07) is 13.1. The van der Waals surface area contributed by atoms with Gasteiger partial charge in [0, 0.05) is 15.9 Å². The quantitative estimate of drug-likeness (QED) is 0.518. The minimum absolute atomic E-state index is 0.492. The number of nitrogens with two attached hydrogens (primary N) is 2. The predicted molar refractivity (Wildman–Crippen MR) is 68.0 cm³/mol. The zero-order valence-electron chi connectivity index (χ0n) is 8.45. The summed E-state index contributed by atoms with van der Waals surface area (Å²) in [7, 11) is 0. The minimum atomic E-state index is 0.492. The Bertz CT molecular complexity index is 516. The number of fused-ring (bicyclic) bond motifs is 2. The van der Waals surface area contributed by atoms with Gasteiger partial charge in [0.15, 0.2) is 0 Å². The molecular formula is C12H10N3S. The van der Waals surface area contributed by atoms with Crippen LogP contribution in [0, 0.1) is 6.07 Å². The molecule has 2 aromatic carbocycles. The number of anilines is 4. The molecule has 1 heterocycles. The van der Waals surface area contributed by atoms with E-state index in [4.69, 9.17) is 11.5 Å². The Morgan fingerprint density at radius 3 is 2.81 bits per heavy atom. The maximum atomic E-state index is 5.77. The van der Waals surface area contributed by atoms with Crippen molar-refractivity contribution in [1.29, 1.82) is 0 Å². The molecule has 16 heavy (non-hydrogen) atoms. The minimum Gasteiger partial charge on any atom is -0.397 e. The van der Waals surface area contributed by atoms with Crippen LogP contribution in [0.5, 0.6) is 0 Å². The van der Waals surface area contributed by atoms with Crippen molar-refractivity contribution in [2.45, 2.75) is 9.79 Å². The molecule has 0 amide bonds. The molecule has 5 N–H and O–H groups in total. The van der Waals surface area contributed by atoms with Gasteiger partial charge in [-0.15, -0.1) is 0 Å². The van der Waals surface area contributed by atoms with Crippen LogP contribution in [0.4, 0.5) is 22.7 Å².